The van der Waals surface area contributed by atoms with Crippen molar-refractivity contribution < 1.29 is 0 Å². The molecule has 0 unspecified atom stereocenters. The fourth-order valence-corrected chi connectivity index (χ4v) is 0.848. The average molecular weight is 177 g/mol. The van der Waals surface area contributed by atoms with Gasteiger partial charge in [0.1, 0.15) is 0 Å². The molecule has 3 heteroatoms. The highest BCUT2D eigenvalue weighted by molar-refractivity contribution is 6.19. The minimum atomic E-state index is 0.602. The Hall–Kier alpha value is -0.210. The van der Waals surface area contributed by atoms with Gasteiger partial charge in [-0.15, -0.1) is 11.6 Å². The summed E-state index contributed by atoms with van der Waals surface area (Å²) >= 11 is 5.64. The van der Waals surface area contributed by atoms with E-state index in [1.807, 2.05) is 26.0 Å². The summed E-state index contributed by atoms with van der Waals surface area (Å²) in [5, 5.41) is 4.15. The molecular weight excluding hydrogens is 160 g/mol. The van der Waals surface area contributed by atoms with Gasteiger partial charge >= 0.3 is 0 Å². The summed E-state index contributed by atoms with van der Waals surface area (Å²) in [5.41, 5.74) is 1.18. The number of hydrogen-bond donors (Lipinski definition) is 0. The van der Waals surface area contributed by atoms with E-state index >= 15 is 0 Å². The van der Waals surface area contributed by atoms with Crippen molar-refractivity contribution in [2.24, 2.45) is 0 Å². The Kier molecular flexibility index (Phi) is 5.34. The van der Waals surface area contributed by atoms with Crippen LogP contribution < -0.4 is 0 Å². The van der Waals surface area contributed by atoms with Crippen LogP contribution in [0.5, 0.6) is 0 Å². The molecule has 0 N–H and O–H groups in total. The molecule has 2 nitrogen and oxygen atoms in total. The standard InChI is InChI=1S/C8H17ClN2/c1-5-11(10(3)4)7-8(2)6-9/h7H,5-6H2,1-4H3/b8-7-. The van der Waals surface area contributed by atoms with Crippen LogP contribution >= 0.6 is 11.6 Å². The van der Waals surface area contributed by atoms with Crippen LogP contribution in [0.15, 0.2) is 11.8 Å². The third-order valence-corrected chi connectivity index (χ3v) is 1.84. The van der Waals surface area contributed by atoms with Crippen LogP contribution in [0.1, 0.15) is 13.8 Å². The van der Waals surface area contributed by atoms with E-state index in [1.165, 1.54) is 5.57 Å². The zero-order valence-electron chi connectivity index (χ0n) is 7.76. The second-order valence-electron chi connectivity index (χ2n) is 2.71. The Morgan fingerprint density at radius 2 is 2.00 bits per heavy atom. The molecule has 0 saturated carbocycles. The van der Waals surface area contributed by atoms with E-state index in [-0.39, 0.29) is 0 Å². The number of hydrazine groups is 1. The predicted octanol–water partition coefficient (Wildman–Crippen LogP) is 1.93. The van der Waals surface area contributed by atoms with Crippen molar-refractivity contribution in [3.63, 3.8) is 0 Å². The highest BCUT2D eigenvalue weighted by atomic mass is 35.5. The molecule has 0 aliphatic heterocycles. The summed E-state index contributed by atoms with van der Waals surface area (Å²) in [6.45, 7) is 5.11. The fourth-order valence-electron chi connectivity index (χ4n) is 0.778. The topological polar surface area (TPSA) is 6.48 Å². The van der Waals surface area contributed by atoms with Crippen LogP contribution in [0.2, 0.25) is 0 Å². The van der Waals surface area contributed by atoms with Gasteiger partial charge in [-0.05, 0) is 19.4 Å². The highest BCUT2D eigenvalue weighted by Gasteiger charge is 1.98. The van der Waals surface area contributed by atoms with Crippen LogP contribution in [0.25, 0.3) is 0 Å². The lowest BCUT2D eigenvalue weighted by atomic mass is 10.4. The Balaban J connectivity index is 4.06. The number of halogens is 1. The SMILES string of the molecule is CCN(/C=C(/C)CCl)N(C)C. The van der Waals surface area contributed by atoms with Gasteiger partial charge in [0.05, 0.1) is 0 Å². The molecule has 0 aliphatic carbocycles. The van der Waals surface area contributed by atoms with Crippen molar-refractivity contribution >= 4 is 11.6 Å². The molecule has 66 valence electrons. The van der Waals surface area contributed by atoms with Crippen molar-refractivity contribution in [3.05, 3.63) is 11.8 Å². The molecule has 0 saturated heterocycles. The third kappa shape index (κ3) is 4.27. The van der Waals surface area contributed by atoms with E-state index in [4.69, 9.17) is 11.6 Å². The number of nitrogens with zero attached hydrogens (tertiary/aromatic N) is 2. The van der Waals surface area contributed by atoms with Gasteiger partial charge in [-0.2, -0.15) is 0 Å². The summed E-state index contributed by atoms with van der Waals surface area (Å²) in [5.74, 6) is 0.602. The first-order chi connectivity index (χ1) is 5.11. The van der Waals surface area contributed by atoms with Crippen molar-refractivity contribution in [3.8, 4) is 0 Å². The predicted molar refractivity (Wildman–Crippen MR) is 50.5 cm³/mol. The zero-order chi connectivity index (χ0) is 8.85. The Labute approximate surface area is 74.4 Å². The monoisotopic (exact) mass is 176 g/mol. The number of hydrogen-bond acceptors (Lipinski definition) is 2. The summed E-state index contributed by atoms with van der Waals surface area (Å²) in [7, 11) is 4.03. The van der Waals surface area contributed by atoms with E-state index < -0.39 is 0 Å². The maximum atomic E-state index is 5.64. The lowest BCUT2D eigenvalue weighted by molar-refractivity contribution is 0.0882. The summed E-state index contributed by atoms with van der Waals surface area (Å²) in [4.78, 5) is 0. The largest absolute Gasteiger partial charge is 0.314 e. The molecule has 0 spiro atoms. The molecule has 0 aromatic rings. The van der Waals surface area contributed by atoms with E-state index in [0.29, 0.717) is 5.88 Å². The van der Waals surface area contributed by atoms with Crippen molar-refractivity contribution in [1.29, 1.82) is 0 Å². The van der Waals surface area contributed by atoms with Gasteiger partial charge < -0.3 is 5.01 Å². The number of allylic oxidation sites excluding steroid dienone is 1. The maximum Gasteiger partial charge on any atom is 0.0448 e. The molecule has 0 atom stereocenters. The molecule has 0 radical (unpaired) electrons. The van der Waals surface area contributed by atoms with E-state index in [1.54, 1.807) is 0 Å². The van der Waals surface area contributed by atoms with Crippen LogP contribution in [0.3, 0.4) is 0 Å². The third-order valence-electron chi connectivity index (χ3n) is 1.42. The summed E-state index contributed by atoms with van der Waals surface area (Å²) in [6, 6.07) is 0. The molecule has 11 heavy (non-hydrogen) atoms. The maximum absolute atomic E-state index is 5.64. The van der Waals surface area contributed by atoms with Crippen molar-refractivity contribution in [2.75, 3.05) is 26.5 Å². The molecule has 0 rings (SSSR count). The molecule has 0 aromatic carbocycles. The highest BCUT2D eigenvalue weighted by Crippen LogP contribution is 2.00. The van der Waals surface area contributed by atoms with Crippen LogP contribution in [0.4, 0.5) is 0 Å². The zero-order valence-corrected chi connectivity index (χ0v) is 8.52. The lowest BCUT2D eigenvalue weighted by Crippen LogP contribution is -2.32. The number of alkyl halides is 1. The minimum absolute atomic E-state index is 0.602. The Bertz CT molecular complexity index is 132. The van der Waals surface area contributed by atoms with Gasteiger partial charge in [-0.1, -0.05) is 0 Å². The van der Waals surface area contributed by atoms with Crippen LogP contribution in [-0.2, 0) is 0 Å². The van der Waals surface area contributed by atoms with Crippen molar-refractivity contribution in [1.82, 2.24) is 10.0 Å². The van der Waals surface area contributed by atoms with Gasteiger partial charge in [0.15, 0.2) is 0 Å². The van der Waals surface area contributed by atoms with Gasteiger partial charge in [-0.3, -0.25) is 0 Å². The molecule has 0 heterocycles. The first kappa shape index (κ1) is 10.8. The normalized spacial score (nSPS) is 12.4. The van der Waals surface area contributed by atoms with Gasteiger partial charge in [-0.25, -0.2) is 5.01 Å². The Morgan fingerprint density at radius 3 is 2.27 bits per heavy atom. The second-order valence-corrected chi connectivity index (χ2v) is 2.98. The molecule has 0 fully saturated rings. The number of rotatable bonds is 4. The lowest BCUT2D eigenvalue weighted by Gasteiger charge is -2.26. The smallest absolute Gasteiger partial charge is 0.0448 e. The fraction of sp³-hybridized carbons (Fsp3) is 0.750. The summed E-state index contributed by atoms with van der Waals surface area (Å²) < 4.78 is 0. The average Bonchev–Trinajstić information content (AvgIpc) is 1.99. The van der Waals surface area contributed by atoms with Crippen LogP contribution in [0, 0.1) is 0 Å². The van der Waals surface area contributed by atoms with E-state index in [2.05, 4.69) is 18.1 Å². The second kappa shape index (κ2) is 5.44. The minimum Gasteiger partial charge on any atom is -0.314 e. The molecule has 0 bridgehead atoms. The molecule has 0 aliphatic rings. The van der Waals surface area contributed by atoms with E-state index in [0.717, 1.165) is 6.54 Å². The van der Waals surface area contributed by atoms with E-state index in [9.17, 15) is 0 Å². The first-order valence-electron chi connectivity index (χ1n) is 3.79. The van der Waals surface area contributed by atoms with Crippen LogP contribution in [-0.4, -0.2) is 36.5 Å². The first-order valence-corrected chi connectivity index (χ1v) is 4.32. The van der Waals surface area contributed by atoms with Gasteiger partial charge in [0.25, 0.3) is 0 Å². The summed E-state index contributed by atoms with van der Waals surface area (Å²) in [6.07, 6.45) is 2.06. The van der Waals surface area contributed by atoms with Crippen molar-refractivity contribution in [2.45, 2.75) is 13.8 Å². The molecule has 0 amide bonds. The quantitative estimate of drug-likeness (QED) is 0.477. The Morgan fingerprint density at radius 1 is 1.45 bits per heavy atom. The molecular formula is C8H17ClN2. The van der Waals surface area contributed by atoms with Gasteiger partial charge in [0, 0.05) is 32.7 Å². The molecule has 0 aromatic heterocycles. The van der Waals surface area contributed by atoms with Gasteiger partial charge in [0.2, 0.25) is 0 Å².